The van der Waals surface area contributed by atoms with Gasteiger partial charge in [-0.3, -0.25) is 9.69 Å². The van der Waals surface area contributed by atoms with Crippen LogP contribution >= 0.6 is 0 Å². The summed E-state index contributed by atoms with van der Waals surface area (Å²) in [5.74, 6) is 0.0570. The van der Waals surface area contributed by atoms with E-state index in [1.54, 1.807) is 0 Å². The molecule has 2 heterocycles. The number of phenolic OH excluding ortho intramolecular Hbond substituents is 1. The first-order valence-corrected chi connectivity index (χ1v) is 12.2. The molecule has 0 aliphatic carbocycles. The molecular weight excluding hydrogens is 450 g/mol. The molecule has 2 aromatic carbocycles. The van der Waals surface area contributed by atoms with Crippen molar-refractivity contribution in [2.45, 2.75) is 45.0 Å². The number of unbranched alkanes of at least 4 members (excludes halogenated alkanes) is 1. The third kappa shape index (κ3) is 6.25. The monoisotopic (exact) mass is 485 g/mol. The van der Waals surface area contributed by atoms with Crippen molar-refractivity contribution in [1.29, 1.82) is 0 Å². The summed E-state index contributed by atoms with van der Waals surface area (Å²) in [5, 5.41) is 10.6. The molecule has 0 saturated carbocycles. The van der Waals surface area contributed by atoms with E-state index in [9.17, 15) is 9.90 Å². The van der Waals surface area contributed by atoms with Gasteiger partial charge in [0.05, 0.1) is 33.4 Å². The van der Waals surface area contributed by atoms with Crippen LogP contribution in [0.2, 0.25) is 0 Å². The van der Waals surface area contributed by atoms with Crippen LogP contribution in [0.3, 0.4) is 0 Å². The molecule has 2 aromatic rings. The van der Waals surface area contributed by atoms with Gasteiger partial charge in [0.1, 0.15) is 17.4 Å². The van der Waals surface area contributed by atoms with E-state index in [-0.39, 0.29) is 29.3 Å². The topological polar surface area (TPSA) is 86.7 Å². The highest BCUT2D eigenvalue weighted by Crippen LogP contribution is 2.50. The summed E-state index contributed by atoms with van der Waals surface area (Å²) < 4.78 is 29.2. The number of ether oxygens (including phenoxy) is 5. The standard InChI is InChI=1S/C27H35NO7/c1-27(2)33-15-12-28(13-16-34-27)11-7-8-14-32-23-18-21(30)24-20(29)17-22(19-9-5-4-6-10-19)35-26(24)25(23)31-3/h4-6,9-10,18,22,30H,7-8,11-17H2,1-3H3. The predicted molar refractivity (Wildman–Crippen MR) is 131 cm³/mol. The molecule has 190 valence electrons. The van der Waals surface area contributed by atoms with E-state index in [1.165, 1.54) is 13.2 Å². The average molecular weight is 486 g/mol. The number of aromatic hydroxyl groups is 1. The maximum atomic E-state index is 12.8. The Balaban J connectivity index is 1.36. The largest absolute Gasteiger partial charge is 0.507 e. The van der Waals surface area contributed by atoms with Crippen LogP contribution in [0.4, 0.5) is 0 Å². The van der Waals surface area contributed by atoms with E-state index >= 15 is 0 Å². The van der Waals surface area contributed by atoms with Crippen LogP contribution < -0.4 is 14.2 Å². The lowest BCUT2D eigenvalue weighted by Gasteiger charge is -2.32. The maximum absolute atomic E-state index is 12.8. The number of hydrogen-bond donors (Lipinski definition) is 1. The molecule has 0 radical (unpaired) electrons. The molecule has 2 aliphatic heterocycles. The highest BCUT2D eigenvalue weighted by molar-refractivity contribution is 6.03. The second-order valence-electron chi connectivity index (χ2n) is 9.27. The van der Waals surface area contributed by atoms with Crippen LogP contribution in [0.15, 0.2) is 36.4 Å². The van der Waals surface area contributed by atoms with Gasteiger partial charge in [-0.2, -0.15) is 0 Å². The number of carbonyl (C=O) groups is 1. The fourth-order valence-electron chi connectivity index (χ4n) is 4.43. The Hall–Kier alpha value is -2.81. The third-order valence-corrected chi connectivity index (χ3v) is 6.31. The van der Waals surface area contributed by atoms with Gasteiger partial charge in [0.25, 0.3) is 0 Å². The molecule has 1 unspecified atom stereocenters. The normalized spacial score (nSPS) is 20.3. The zero-order chi connectivity index (χ0) is 24.8. The highest BCUT2D eigenvalue weighted by atomic mass is 16.7. The van der Waals surface area contributed by atoms with Crippen LogP contribution in [-0.4, -0.2) is 68.1 Å². The number of Topliss-reactive ketones (excluding diaryl/α,β-unsaturated/α-hetero) is 1. The van der Waals surface area contributed by atoms with E-state index < -0.39 is 11.9 Å². The first-order chi connectivity index (χ1) is 16.9. The number of methoxy groups -OCH3 is 1. The van der Waals surface area contributed by atoms with Crippen molar-refractivity contribution in [3.8, 4) is 23.0 Å². The Morgan fingerprint density at radius 2 is 1.83 bits per heavy atom. The number of nitrogens with zero attached hydrogens (tertiary/aromatic N) is 1. The smallest absolute Gasteiger partial charge is 0.204 e. The lowest BCUT2D eigenvalue weighted by molar-refractivity contribution is -0.226. The first kappa shape index (κ1) is 25.3. The van der Waals surface area contributed by atoms with Crippen molar-refractivity contribution in [2.75, 3.05) is 46.6 Å². The van der Waals surface area contributed by atoms with Gasteiger partial charge in [0, 0.05) is 19.2 Å². The van der Waals surface area contributed by atoms with Gasteiger partial charge in [-0.25, -0.2) is 0 Å². The van der Waals surface area contributed by atoms with Crippen LogP contribution in [0.1, 0.15) is 55.1 Å². The molecule has 0 aromatic heterocycles. The molecule has 1 N–H and O–H groups in total. The number of fused-ring (bicyclic) bond motifs is 1. The number of benzene rings is 2. The number of ketones is 1. The van der Waals surface area contributed by atoms with E-state index in [1.807, 2.05) is 44.2 Å². The van der Waals surface area contributed by atoms with E-state index in [0.29, 0.717) is 31.3 Å². The Morgan fingerprint density at radius 3 is 2.51 bits per heavy atom. The third-order valence-electron chi connectivity index (χ3n) is 6.31. The second kappa shape index (κ2) is 11.3. The summed E-state index contributed by atoms with van der Waals surface area (Å²) in [7, 11) is 1.51. The van der Waals surface area contributed by atoms with E-state index in [0.717, 1.165) is 38.0 Å². The minimum atomic E-state index is -0.519. The van der Waals surface area contributed by atoms with Gasteiger partial charge in [0.2, 0.25) is 5.75 Å². The van der Waals surface area contributed by atoms with Crippen LogP contribution in [-0.2, 0) is 9.47 Å². The van der Waals surface area contributed by atoms with Crippen molar-refractivity contribution in [2.24, 2.45) is 0 Å². The lowest BCUT2D eigenvalue weighted by Crippen LogP contribution is -2.41. The minimum absolute atomic E-state index is 0.145. The van der Waals surface area contributed by atoms with Crippen molar-refractivity contribution in [3.05, 3.63) is 47.5 Å². The van der Waals surface area contributed by atoms with Crippen molar-refractivity contribution in [1.82, 2.24) is 4.90 Å². The first-order valence-electron chi connectivity index (χ1n) is 12.2. The van der Waals surface area contributed by atoms with Gasteiger partial charge < -0.3 is 28.8 Å². The Kier molecular flexibility index (Phi) is 8.15. The summed E-state index contributed by atoms with van der Waals surface area (Å²) in [5.41, 5.74) is 1.04. The van der Waals surface area contributed by atoms with Crippen molar-refractivity contribution >= 4 is 5.78 Å². The average Bonchev–Trinajstić information content (AvgIpc) is 2.82. The number of carbonyl (C=O) groups excluding carboxylic acids is 1. The van der Waals surface area contributed by atoms with Crippen molar-refractivity contribution < 1.29 is 33.6 Å². The van der Waals surface area contributed by atoms with Crippen LogP contribution in [0, 0.1) is 0 Å². The van der Waals surface area contributed by atoms with Crippen molar-refractivity contribution in [3.63, 3.8) is 0 Å². The minimum Gasteiger partial charge on any atom is -0.507 e. The van der Waals surface area contributed by atoms with Gasteiger partial charge in [-0.1, -0.05) is 30.3 Å². The molecule has 1 saturated heterocycles. The fraction of sp³-hybridized carbons (Fsp3) is 0.519. The summed E-state index contributed by atoms with van der Waals surface area (Å²) in [4.78, 5) is 15.2. The zero-order valence-electron chi connectivity index (χ0n) is 20.7. The Bertz CT molecular complexity index is 996. The number of phenols is 1. The van der Waals surface area contributed by atoms with Gasteiger partial charge >= 0.3 is 0 Å². The molecule has 0 bridgehead atoms. The Morgan fingerprint density at radius 1 is 1.11 bits per heavy atom. The molecular formula is C27H35NO7. The molecule has 0 amide bonds. The van der Waals surface area contributed by atoms with E-state index in [2.05, 4.69) is 4.90 Å². The molecule has 1 atom stereocenters. The maximum Gasteiger partial charge on any atom is 0.204 e. The zero-order valence-corrected chi connectivity index (χ0v) is 20.7. The molecule has 0 spiro atoms. The van der Waals surface area contributed by atoms with Gasteiger partial charge in [-0.15, -0.1) is 0 Å². The number of hydrogen-bond acceptors (Lipinski definition) is 8. The predicted octanol–water partition coefficient (Wildman–Crippen LogP) is 4.35. The lowest BCUT2D eigenvalue weighted by atomic mass is 9.95. The van der Waals surface area contributed by atoms with E-state index in [4.69, 9.17) is 23.7 Å². The van der Waals surface area contributed by atoms with Gasteiger partial charge in [-0.05, 0) is 38.8 Å². The van der Waals surface area contributed by atoms with Crippen LogP contribution in [0.5, 0.6) is 23.0 Å². The summed E-state index contributed by atoms with van der Waals surface area (Å²) in [6.45, 7) is 8.25. The fourth-order valence-corrected chi connectivity index (χ4v) is 4.43. The molecule has 4 rings (SSSR count). The molecule has 35 heavy (non-hydrogen) atoms. The Labute approximate surface area is 206 Å². The highest BCUT2D eigenvalue weighted by Gasteiger charge is 2.34. The molecule has 8 nitrogen and oxygen atoms in total. The van der Waals surface area contributed by atoms with Crippen LogP contribution in [0.25, 0.3) is 0 Å². The molecule has 2 aliphatic rings. The molecule has 8 heteroatoms. The SMILES string of the molecule is COc1c(OCCCCN2CCOC(C)(C)OCC2)cc(O)c2c1OC(c1ccccc1)CC2=O. The summed E-state index contributed by atoms with van der Waals surface area (Å²) >= 11 is 0. The molecule has 1 fully saturated rings. The summed E-state index contributed by atoms with van der Waals surface area (Å²) in [6, 6.07) is 11.0. The summed E-state index contributed by atoms with van der Waals surface area (Å²) in [6.07, 6.45) is 1.46. The number of rotatable bonds is 8. The van der Waals surface area contributed by atoms with Gasteiger partial charge in [0.15, 0.2) is 23.1 Å². The quantitative estimate of drug-likeness (QED) is 0.553. The second-order valence-corrected chi connectivity index (χ2v) is 9.27.